The van der Waals surface area contributed by atoms with E-state index in [0.29, 0.717) is 17.7 Å². The zero-order chi connectivity index (χ0) is 22.5. The van der Waals surface area contributed by atoms with Gasteiger partial charge in [-0.1, -0.05) is 42.5 Å². The van der Waals surface area contributed by atoms with Crippen molar-refractivity contribution >= 4 is 11.0 Å². The van der Waals surface area contributed by atoms with Gasteiger partial charge in [-0.15, -0.1) is 0 Å². The number of benzene rings is 3. The van der Waals surface area contributed by atoms with Crippen LogP contribution in [0.3, 0.4) is 0 Å². The second-order valence-electron chi connectivity index (χ2n) is 7.77. The van der Waals surface area contributed by atoms with E-state index in [2.05, 4.69) is 24.1 Å². The lowest BCUT2D eigenvalue weighted by atomic mass is 10.0. The molecule has 0 aliphatic carbocycles. The first kappa shape index (κ1) is 21.5. The second kappa shape index (κ2) is 9.58. The zero-order valence-electron chi connectivity index (χ0n) is 17.8. The Morgan fingerprint density at radius 2 is 1.75 bits per heavy atom. The average Bonchev–Trinajstić information content (AvgIpc) is 2.78. The third kappa shape index (κ3) is 4.92. The highest BCUT2D eigenvalue weighted by atomic mass is 16.5. The molecule has 164 valence electrons. The molecule has 0 saturated carbocycles. The second-order valence-corrected chi connectivity index (χ2v) is 7.77. The Bertz CT molecular complexity index is 1250. The third-order valence-electron chi connectivity index (χ3n) is 5.26. The van der Waals surface area contributed by atoms with Gasteiger partial charge in [-0.05, 0) is 36.7 Å². The third-order valence-corrected chi connectivity index (χ3v) is 5.26. The molecule has 0 amide bonds. The van der Waals surface area contributed by atoms with Crippen molar-refractivity contribution in [3.8, 4) is 28.4 Å². The Morgan fingerprint density at radius 3 is 2.50 bits per heavy atom. The van der Waals surface area contributed by atoms with Crippen molar-refractivity contribution in [1.29, 1.82) is 0 Å². The van der Waals surface area contributed by atoms with Crippen LogP contribution >= 0.6 is 0 Å². The molecule has 1 heterocycles. The highest BCUT2D eigenvalue weighted by Crippen LogP contribution is 2.30. The summed E-state index contributed by atoms with van der Waals surface area (Å²) >= 11 is 0. The van der Waals surface area contributed by atoms with Gasteiger partial charge in [0.25, 0.3) is 0 Å². The minimum atomic E-state index is -0.362. The summed E-state index contributed by atoms with van der Waals surface area (Å²) < 4.78 is 11.3. The number of hydrogen-bond donors (Lipinski definition) is 2. The van der Waals surface area contributed by atoms with E-state index in [1.807, 2.05) is 30.3 Å². The molecule has 0 bridgehead atoms. The Hall–Kier alpha value is -3.77. The van der Waals surface area contributed by atoms with Gasteiger partial charge < -0.3 is 24.3 Å². The predicted octanol–water partition coefficient (Wildman–Crippen LogP) is 4.77. The van der Waals surface area contributed by atoms with Crippen molar-refractivity contribution in [2.75, 3.05) is 20.2 Å². The van der Waals surface area contributed by atoms with E-state index >= 15 is 0 Å². The number of fused-ring (bicyclic) bond motifs is 1. The fraction of sp³-hybridized carbons (Fsp3) is 0.192. The lowest BCUT2D eigenvalue weighted by molar-refractivity contribution is 0.259. The maximum absolute atomic E-state index is 12.8. The topological polar surface area (TPSA) is 83.1 Å². The lowest BCUT2D eigenvalue weighted by Gasteiger charge is -2.16. The molecule has 0 fully saturated rings. The Kier molecular flexibility index (Phi) is 6.42. The molecule has 32 heavy (non-hydrogen) atoms. The minimum absolute atomic E-state index is 0.0419. The first-order chi connectivity index (χ1) is 15.5. The molecular weight excluding hydrogens is 406 g/mol. The van der Waals surface area contributed by atoms with Crippen LogP contribution in [-0.2, 0) is 6.54 Å². The highest BCUT2D eigenvalue weighted by molar-refractivity contribution is 5.88. The summed E-state index contributed by atoms with van der Waals surface area (Å²) in [5.41, 5.74) is 2.04. The number of rotatable bonds is 8. The number of phenolic OH excluding ortho intramolecular Hbond substituents is 2. The summed E-state index contributed by atoms with van der Waals surface area (Å²) in [6.07, 6.45) is 2.23. The quantitative estimate of drug-likeness (QED) is 0.391. The van der Waals surface area contributed by atoms with E-state index in [9.17, 15) is 15.0 Å². The van der Waals surface area contributed by atoms with Gasteiger partial charge in [0.1, 0.15) is 34.5 Å². The number of phenols is 2. The van der Waals surface area contributed by atoms with Crippen LogP contribution in [0.15, 0.2) is 82.2 Å². The molecule has 4 aromatic rings. The van der Waals surface area contributed by atoms with Crippen LogP contribution in [0.25, 0.3) is 22.1 Å². The van der Waals surface area contributed by atoms with Crippen LogP contribution in [0.4, 0.5) is 0 Å². The van der Waals surface area contributed by atoms with Gasteiger partial charge in [0.15, 0.2) is 0 Å². The smallest absolute Gasteiger partial charge is 0.204 e. The summed E-state index contributed by atoms with van der Waals surface area (Å²) in [6, 6.07) is 20.0. The molecule has 0 radical (unpaired) electrons. The SMILES string of the molecule is CN(CCCOc1ccc(-c2coc3cc(O)cc(O)c3c2=O)cc1)Cc1ccccc1. The Morgan fingerprint density at radius 1 is 1.00 bits per heavy atom. The van der Waals surface area contributed by atoms with E-state index in [1.165, 1.54) is 17.9 Å². The van der Waals surface area contributed by atoms with E-state index in [0.717, 1.165) is 31.3 Å². The molecule has 3 aromatic carbocycles. The van der Waals surface area contributed by atoms with Crippen LogP contribution in [0.1, 0.15) is 12.0 Å². The summed E-state index contributed by atoms with van der Waals surface area (Å²) in [5, 5.41) is 19.7. The first-order valence-electron chi connectivity index (χ1n) is 10.4. The molecule has 0 saturated heterocycles. The molecular formula is C26H25NO5. The summed E-state index contributed by atoms with van der Waals surface area (Å²) in [6.45, 7) is 2.41. The van der Waals surface area contributed by atoms with Crippen molar-refractivity contribution in [2.45, 2.75) is 13.0 Å². The van der Waals surface area contributed by atoms with E-state index < -0.39 is 0 Å². The predicted molar refractivity (Wildman–Crippen MR) is 124 cm³/mol. The maximum atomic E-state index is 12.8. The molecule has 2 N–H and O–H groups in total. The van der Waals surface area contributed by atoms with Gasteiger partial charge >= 0.3 is 0 Å². The van der Waals surface area contributed by atoms with Gasteiger partial charge in [0.05, 0.1) is 12.2 Å². The fourth-order valence-corrected chi connectivity index (χ4v) is 3.65. The molecule has 6 nitrogen and oxygen atoms in total. The first-order valence-corrected chi connectivity index (χ1v) is 10.4. The monoisotopic (exact) mass is 431 g/mol. The Balaban J connectivity index is 1.35. The van der Waals surface area contributed by atoms with Crippen LogP contribution < -0.4 is 10.2 Å². The average molecular weight is 431 g/mol. The largest absolute Gasteiger partial charge is 0.508 e. The van der Waals surface area contributed by atoms with Crippen molar-refractivity contribution in [3.63, 3.8) is 0 Å². The molecule has 0 atom stereocenters. The highest BCUT2D eigenvalue weighted by Gasteiger charge is 2.14. The van der Waals surface area contributed by atoms with Crippen LogP contribution in [0.5, 0.6) is 17.2 Å². The number of aromatic hydroxyl groups is 2. The molecule has 0 aliphatic heterocycles. The van der Waals surface area contributed by atoms with Crippen molar-refractivity contribution in [2.24, 2.45) is 0 Å². The van der Waals surface area contributed by atoms with E-state index in [4.69, 9.17) is 9.15 Å². The maximum Gasteiger partial charge on any atom is 0.204 e. The molecule has 0 unspecified atom stereocenters. The Labute approximate surface area is 185 Å². The zero-order valence-corrected chi connectivity index (χ0v) is 17.8. The van der Waals surface area contributed by atoms with Gasteiger partial charge in [0.2, 0.25) is 5.43 Å². The van der Waals surface area contributed by atoms with Gasteiger partial charge in [-0.25, -0.2) is 0 Å². The van der Waals surface area contributed by atoms with Crippen molar-refractivity contribution < 1.29 is 19.4 Å². The lowest BCUT2D eigenvalue weighted by Crippen LogP contribution is -2.20. The standard InChI is InChI=1S/C26H25NO5/c1-27(16-18-6-3-2-4-7-18)12-5-13-31-21-10-8-19(9-11-21)22-17-32-24-15-20(28)14-23(29)25(24)26(22)30/h2-4,6-11,14-15,17,28-29H,5,12-13,16H2,1H3. The van der Waals surface area contributed by atoms with Crippen molar-refractivity contribution in [3.05, 3.63) is 88.8 Å². The molecule has 0 spiro atoms. The number of ether oxygens (including phenoxy) is 1. The molecule has 0 aliphatic rings. The normalized spacial score (nSPS) is 11.2. The van der Waals surface area contributed by atoms with Gasteiger partial charge in [0, 0.05) is 25.2 Å². The van der Waals surface area contributed by atoms with Crippen molar-refractivity contribution in [1.82, 2.24) is 4.90 Å². The molecule has 6 heteroatoms. The number of hydrogen-bond acceptors (Lipinski definition) is 6. The fourth-order valence-electron chi connectivity index (χ4n) is 3.65. The van der Waals surface area contributed by atoms with E-state index in [-0.39, 0.29) is 27.9 Å². The summed E-state index contributed by atoms with van der Waals surface area (Å²) in [7, 11) is 2.09. The van der Waals surface area contributed by atoms with E-state index in [1.54, 1.807) is 12.1 Å². The van der Waals surface area contributed by atoms with Crippen LogP contribution in [0, 0.1) is 0 Å². The molecule has 1 aromatic heterocycles. The molecule has 4 rings (SSSR count). The summed E-state index contributed by atoms with van der Waals surface area (Å²) in [5.74, 6) is 0.240. The summed E-state index contributed by atoms with van der Waals surface area (Å²) in [4.78, 5) is 15.1. The van der Waals surface area contributed by atoms with Crippen LogP contribution in [-0.4, -0.2) is 35.3 Å². The van der Waals surface area contributed by atoms with Crippen LogP contribution in [0.2, 0.25) is 0 Å². The van der Waals surface area contributed by atoms with Gasteiger partial charge in [-0.3, -0.25) is 4.79 Å². The van der Waals surface area contributed by atoms with Gasteiger partial charge in [-0.2, -0.15) is 0 Å². The number of nitrogens with zero attached hydrogens (tertiary/aromatic N) is 1. The minimum Gasteiger partial charge on any atom is -0.508 e.